The zero-order chi connectivity index (χ0) is 19.6. The molecule has 0 aromatic heterocycles. The van der Waals surface area contributed by atoms with E-state index >= 15 is 0 Å². The summed E-state index contributed by atoms with van der Waals surface area (Å²) in [5.74, 6) is 0.539. The number of halogens is 1. The Kier molecular flexibility index (Phi) is 7.63. The molecule has 0 heterocycles. The average molecular weight is 391 g/mol. The first kappa shape index (κ1) is 20.3. The molecular weight excluding hydrogens is 372 g/mol. The van der Waals surface area contributed by atoms with Crippen LogP contribution in [0.15, 0.2) is 59.8 Å². The van der Waals surface area contributed by atoms with Gasteiger partial charge in [-0.05, 0) is 31.2 Å². The second-order valence-electron chi connectivity index (χ2n) is 5.26. The number of Topliss-reactive ketones (excluding diaryl/α,β-unsaturated/α-hetero) is 1. The lowest BCUT2D eigenvalue weighted by molar-refractivity contribution is -0.112. The highest BCUT2D eigenvalue weighted by molar-refractivity contribution is 6.47. The first-order chi connectivity index (χ1) is 13.0. The predicted octanol–water partition coefficient (Wildman–Crippen LogP) is 3.71. The van der Waals surface area contributed by atoms with E-state index < -0.39 is 17.4 Å². The molecule has 0 aliphatic rings. The highest BCUT2D eigenvalue weighted by Crippen LogP contribution is 2.26. The van der Waals surface area contributed by atoms with E-state index in [4.69, 9.17) is 25.9 Å². The Morgan fingerprint density at radius 3 is 2.44 bits per heavy atom. The zero-order valence-corrected chi connectivity index (χ0v) is 15.6. The van der Waals surface area contributed by atoms with Crippen molar-refractivity contribution in [3.05, 3.63) is 60.2 Å². The largest absolute Gasteiger partial charge is 0.457 e. The molecule has 1 unspecified atom stereocenters. The average Bonchev–Trinajstić information content (AvgIpc) is 2.65. The van der Waals surface area contributed by atoms with Gasteiger partial charge in [0.2, 0.25) is 5.78 Å². The van der Waals surface area contributed by atoms with Crippen molar-refractivity contribution in [1.29, 1.82) is 0 Å². The minimum absolute atomic E-state index is 0.00301. The van der Waals surface area contributed by atoms with Gasteiger partial charge < -0.3 is 19.6 Å². The Hall–Kier alpha value is -3.06. The number of oxime groups is 1. The number of rotatable bonds is 8. The number of alkyl carbamates (subject to hydrolysis) is 1. The van der Waals surface area contributed by atoms with Crippen molar-refractivity contribution in [3.63, 3.8) is 0 Å². The van der Waals surface area contributed by atoms with E-state index in [0.717, 1.165) is 0 Å². The summed E-state index contributed by atoms with van der Waals surface area (Å²) >= 11 is 5.57. The molecule has 0 saturated heterocycles. The van der Waals surface area contributed by atoms with Crippen molar-refractivity contribution in [3.8, 4) is 11.5 Å². The van der Waals surface area contributed by atoms with Gasteiger partial charge in [0.05, 0.1) is 12.1 Å². The van der Waals surface area contributed by atoms with Crippen LogP contribution < -0.4 is 10.1 Å². The van der Waals surface area contributed by atoms with Crippen LogP contribution in [-0.2, 0) is 14.4 Å². The molecule has 0 aliphatic carbocycles. The van der Waals surface area contributed by atoms with Crippen LogP contribution in [-0.4, -0.2) is 36.8 Å². The third kappa shape index (κ3) is 6.31. The summed E-state index contributed by atoms with van der Waals surface area (Å²) in [6.45, 7) is 1.14. The number of nitrogens with zero attached hydrogens (tertiary/aromatic N) is 1. The molecule has 1 amide bonds. The fraction of sp³-hybridized carbons (Fsp3) is 0.211. The molecule has 2 aromatic rings. The SMILES string of the molecule is CON=C(C(=O)CNC(=O)OC(C)Cl)c1ccccc1Oc1ccccc1. The monoisotopic (exact) mass is 390 g/mol. The molecule has 142 valence electrons. The summed E-state index contributed by atoms with van der Waals surface area (Å²) < 4.78 is 10.6. The van der Waals surface area contributed by atoms with E-state index in [0.29, 0.717) is 17.1 Å². The molecule has 0 bridgehead atoms. The molecule has 2 aromatic carbocycles. The lowest BCUT2D eigenvalue weighted by Crippen LogP contribution is -2.35. The Labute approximate surface area is 161 Å². The summed E-state index contributed by atoms with van der Waals surface area (Å²) in [6.07, 6.45) is -0.809. The van der Waals surface area contributed by atoms with E-state index in [1.54, 1.807) is 36.4 Å². The Balaban J connectivity index is 2.20. The van der Waals surface area contributed by atoms with Crippen molar-refractivity contribution in [2.24, 2.45) is 5.16 Å². The predicted molar refractivity (Wildman–Crippen MR) is 101 cm³/mol. The number of hydrogen-bond donors (Lipinski definition) is 1. The van der Waals surface area contributed by atoms with Crippen LogP contribution in [0.4, 0.5) is 4.79 Å². The molecule has 2 rings (SSSR count). The van der Waals surface area contributed by atoms with Gasteiger partial charge in [-0.15, -0.1) is 0 Å². The van der Waals surface area contributed by atoms with Crippen LogP contribution >= 0.6 is 11.6 Å². The van der Waals surface area contributed by atoms with Gasteiger partial charge >= 0.3 is 6.09 Å². The van der Waals surface area contributed by atoms with E-state index in [-0.39, 0.29) is 12.3 Å². The highest BCUT2D eigenvalue weighted by atomic mass is 35.5. The molecule has 0 saturated carbocycles. The Morgan fingerprint density at radius 2 is 1.78 bits per heavy atom. The maximum absolute atomic E-state index is 12.6. The standard InChI is InChI=1S/C19H19ClN2O5/c1-13(20)26-19(24)21-12-16(23)18(22-25-2)15-10-6-7-11-17(15)27-14-8-4-3-5-9-14/h3-11,13H,12H2,1-2H3,(H,21,24). The molecule has 0 radical (unpaired) electrons. The second-order valence-corrected chi connectivity index (χ2v) is 5.87. The summed E-state index contributed by atoms with van der Waals surface area (Å²) in [6, 6.07) is 16.0. The minimum atomic E-state index is -0.813. The maximum atomic E-state index is 12.6. The van der Waals surface area contributed by atoms with Gasteiger partial charge in [0.1, 0.15) is 18.6 Å². The normalized spacial score (nSPS) is 12.0. The van der Waals surface area contributed by atoms with E-state index in [1.165, 1.54) is 14.0 Å². The summed E-state index contributed by atoms with van der Waals surface area (Å²) in [5, 5.41) is 6.12. The molecule has 1 atom stereocenters. The van der Waals surface area contributed by atoms with Crippen molar-refractivity contribution in [2.45, 2.75) is 12.5 Å². The van der Waals surface area contributed by atoms with Crippen LogP contribution in [0.2, 0.25) is 0 Å². The van der Waals surface area contributed by atoms with Crippen LogP contribution in [0.25, 0.3) is 0 Å². The van der Waals surface area contributed by atoms with Crippen LogP contribution in [0.1, 0.15) is 12.5 Å². The number of benzene rings is 2. The van der Waals surface area contributed by atoms with Crippen molar-refractivity contribution in [1.82, 2.24) is 5.32 Å². The van der Waals surface area contributed by atoms with Crippen LogP contribution in [0.5, 0.6) is 11.5 Å². The molecule has 1 N–H and O–H groups in total. The number of hydrogen-bond acceptors (Lipinski definition) is 6. The summed E-state index contributed by atoms with van der Waals surface area (Å²) in [5.41, 5.74) is -0.385. The highest BCUT2D eigenvalue weighted by Gasteiger charge is 2.21. The molecule has 0 aliphatic heterocycles. The van der Waals surface area contributed by atoms with Gasteiger partial charge in [0.15, 0.2) is 11.3 Å². The number of alkyl halides is 1. The number of ketones is 1. The van der Waals surface area contributed by atoms with Crippen molar-refractivity contribution >= 4 is 29.2 Å². The van der Waals surface area contributed by atoms with Gasteiger partial charge in [0, 0.05) is 0 Å². The molecular formula is C19H19ClN2O5. The molecule has 0 spiro atoms. The smallest absolute Gasteiger partial charge is 0.408 e. The van der Waals surface area contributed by atoms with Crippen molar-refractivity contribution < 1.29 is 23.9 Å². The minimum Gasteiger partial charge on any atom is -0.457 e. The quantitative estimate of drug-likeness (QED) is 0.422. The van der Waals surface area contributed by atoms with E-state index in [9.17, 15) is 9.59 Å². The van der Waals surface area contributed by atoms with Crippen LogP contribution in [0, 0.1) is 0 Å². The third-order valence-electron chi connectivity index (χ3n) is 3.22. The molecule has 7 nitrogen and oxygen atoms in total. The van der Waals surface area contributed by atoms with Gasteiger partial charge in [-0.1, -0.05) is 47.1 Å². The lowest BCUT2D eigenvalue weighted by Gasteiger charge is -2.13. The first-order valence-electron chi connectivity index (χ1n) is 8.06. The number of carbonyl (C=O) groups is 2. The fourth-order valence-corrected chi connectivity index (χ4v) is 2.21. The molecule has 0 fully saturated rings. The van der Waals surface area contributed by atoms with Gasteiger partial charge in [-0.25, -0.2) is 4.79 Å². The number of carbonyl (C=O) groups excluding carboxylic acids is 2. The fourth-order valence-electron chi connectivity index (χ4n) is 2.13. The number of amides is 1. The number of para-hydroxylation sites is 2. The Morgan fingerprint density at radius 1 is 1.11 bits per heavy atom. The number of nitrogens with one attached hydrogen (secondary N) is 1. The summed E-state index contributed by atoms with van der Waals surface area (Å²) in [7, 11) is 1.32. The van der Waals surface area contributed by atoms with Crippen molar-refractivity contribution in [2.75, 3.05) is 13.7 Å². The molecule has 8 heteroatoms. The third-order valence-corrected chi connectivity index (χ3v) is 3.31. The van der Waals surface area contributed by atoms with Crippen LogP contribution in [0.3, 0.4) is 0 Å². The van der Waals surface area contributed by atoms with Gasteiger partial charge in [-0.2, -0.15) is 0 Å². The van der Waals surface area contributed by atoms with Gasteiger partial charge in [0.25, 0.3) is 0 Å². The summed E-state index contributed by atoms with van der Waals surface area (Å²) in [4.78, 5) is 28.9. The lowest BCUT2D eigenvalue weighted by atomic mass is 10.1. The van der Waals surface area contributed by atoms with E-state index in [2.05, 4.69) is 10.5 Å². The number of ether oxygens (including phenoxy) is 2. The Bertz CT molecular complexity index is 809. The zero-order valence-electron chi connectivity index (χ0n) is 14.8. The topological polar surface area (TPSA) is 86.2 Å². The molecule has 27 heavy (non-hydrogen) atoms. The maximum Gasteiger partial charge on any atom is 0.408 e. The van der Waals surface area contributed by atoms with Gasteiger partial charge in [-0.3, -0.25) is 4.79 Å². The first-order valence-corrected chi connectivity index (χ1v) is 8.50. The second kappa shape index (κ2) is 10.2. The van der Waals surface area contributed by atoms with E-state index in [1.807, 2.05) is 18.2 Å².